The van der Waals surface area contributed by atoms with Crippen LogP contribution in [0.15, 0.2) is 24.3 Å². The number of hydrogen-bond donors (Lipinski definition) is 1. The second kappa shape index (κ2) is 6.23. The van der Waals surface area contributed by atoms with Crippen LogP contribution in [0, 0.1) is 17.1 Å². The molecule has 0 aromatic heterocycles. The van der Waals surface area contributed by atoms with Gasteiger partial charge in [-0.15, -0.1) is 0 Å². The molecule has 1 saturated heterocycles. The van der Waals surface area contributed by atoms with Gasteiger partial charge in [-0.05, 0) is 39.3 Å². The molecule has 0 radical (unpaired) electrons. The van der Waals surface area contributed by atoms with Crippen molar-refractivity contribution in [2.75, 3.05) is 6.54 Å². The molecule has 0 spiro atoms. The molecule has 0 saturated carbocycles. The van der Waals surface area contributed by atoms with E-state index in [0.717, 1.165) is 19.4 Å². The Balaban J connectivity index is 2.06. The van der Waals surface area contributed by atoms with Crippen molar-refractivity contribution >= 4 is 5.91 Å². The zero-order valence-electron chi connectivity index (χ0n) is 12.4. The average molecular weight is 289 g/mol. The molecule has 1 amide bonds. The van der Waals surface area contributed by atoms with Crippen molar-refractivity contribution in [2.24, 2.45) is 0 Å². The maximum atomic E-state index is 13.7. The molecule has 0 bridgehead atoms. The van der Waals surface area contributed by atoms with Crippen LogP contribution in [0.25, 0.3) is 0 Å². The van der Waals surface area contributed by atoms with E-state index in [0.29, 0.717) is 12.1 Å². The minimum absolute atomic E-state index is 0.157. The summed E-state index contributed by atoms with van der Waals surface area (Å²) in [5.41, 5.74) is -0.291. The van der Waals surface area contributed by atoms with Crippen molar-refractivity contribution in [1.82, 2.24) is 10.2 Å². The summed E-state index contributed by atoms with van der Waals surface area (Å²) in [4.78, 5) is 14.3. The largest absolute Gasteiger partial charge is 0.337 e. The van der Waals surface area contributed by atoms with Crippen LogP contribution in [0.5, 0.6) is 0 Å². The Morgan fingerprint density at radius 3 is 2.90 bits per heavy atom. The number of halogens is 1. The minimum atomic E-state index is -0.886. The lowest BCUT2D eigenvalue weighted by Crippen LogP contribution is -2.50. The van der Waals surface area contributed by atoms with E-state index in [1.54, 1.807) is 32.0 Å². The summed E-state index contributed by atoms with van der Waals surface area (Å²) in [5.74, 6) is -0.406. The monoisotopic (exact) mass is 289 g/mol. The third-order valence-electron chi connectivity index (χ3n) is 3.71. The van der Waals surface area contributed by atoms with E-state index in [1.165, 1.54) is 6.07 Å². The molecule has 112 valence electrons. The second-order valence-corrected chi connectivity index (χ2v) is 5.95. The standard InChI is InChI=1S/C16H20FN3O/c1-16(2,11-18)19-15(21)14-8-5-9-20(14)10-12-6-3-4-7-13(12)17/h3-4,6-7,14H,5,8-10H2,1-2H3,(H,19,21). The highest BCUT2D eigenvalue weighted by atomic mass is 19.1. The van der Waals surface area contributed by atoms with Gasteiger partial charge in [-0.1, -0.05) is 18.2 Å². The van der Waals surface area contributed by atoms with Gasteiger partial charge in [-0.2, -0.15) is 5.26 Å². The van der Waals surface area contributed by atoms with Crippen molar-refractivity contribution in [3.8, 4) is 6.07 Å². The summed E-state index contributed by atoms with van der Waals surface area (Å²) in [6, 6.07) is 8.38. The fourth-order valence-electron chi connectivity index (χ4n) is 2.58. The molecule has 21 heavy (non-hydrogen) atoms. The average Bonchev–Trinajstić information content (AvgIpc) is 2.89. The van der Waals surface area contributed by atoms with E-state index < -0.39 is 5.54 Å². The predicted molar refractivity (Wildman–Crippen MR) is 77.7 cm³/mol. The van der Waals surface area contributed by atoms with Gasteiger partial charge >= 0.3 is 0 Å². The quantitative estimate of drug-likeness (QED) is 0.924. The maximum absolute atomic E-state index is 13.7. The van der Waals surface area contributed by atoms with E-state index in [1.807, 2.05) is 4.90 Å². The van der Waals surface area contributed by atoms with E-state index in [2.05, 4.69) is 11.4 Å². The number of rotatable bonds is 4. The number of carbonyl (C=O) groups excluding carboxylic acids is 1. The first kappa shape index (κ1) is 15.5. The summed E-state index contributed by atoms with van der Waals surface area (Å²) in [5, 5.41) is 11.7. The van der Waals surface area contributed by atoms with Gasteiger partial charge in [0.2, 0.25) is 5.91 Å². The summed E-state index contributed by atoms with van der Waals surface area (Å²) >= 11 is 0. The van der Waals surface area contributed by atoms with E-state index in [9.17, 15) is 9.18 Å². The predicted octanol–water partition coefficient (Wildman–Crippen LogP) is 2.21. The molecule has 0 aliphatic carbocycles. The van der Waals surface area contributed by atoms with Crippen molar-refractivity contribution in [2.45, 2.75) is 44.8 Å². The van der Waals surface area contributed by atoms with Crippen molar-refractivity contribution in [3.63, 3.8) is 0 Å². The number of hydrogen-bond acceptors (Lipinski definition) is 3. The van der Waals surface area contributed by atoms with Gasteiger partial charge < -0.3 is 5.32 Å². The Bertz CT molecular complexity index is 565. The fraction of sp³-hybridized carbons (Fsp3) is 0.500. The van der Waals surface area contributed by atoms with Gasteiger partial charge in [0, 0.05) is 12.1 Å². The van der Waals surface area contributed by atoms with Crippen LogP contribution >= 0.6 is 0 Å². The Morgan fingerprint density at radius 1 is 1.52 bits per heavy atom. The Kier molecular flexibility index (Phi) is 4.59. The number of nitrogens with one attached hydrogen (secondary N) is 1. The van der Waals surface area contributed by atoms with Crippen LogP contribution in [0.4, 0.5) is 4.39 Å². The molecule has 1 unspecified atom stereocenters. The highest BCUT2D eigenvalue weighted by Crippen LogP contribution is 2.22. The number of nitrogens with zero attached hydrogens (tertiary/aromatic N) is 2. The molecule has 1 aliphatic heterocycles. The Morgan fingerprint density at radius 2 is 2.24 bits per heavy atom. The van der Waals surface area contributed by atoms with Crippen LogP contribution in [0.3, 0.4) is 0 Å². The number of nitriles is 1. The molecule has 1 fully saturated rings. The lowest BCUT2D eigenvalue weighted by Gasteiger charge is -2.27. The van der Waals surface area contributed by atoms with Crippen molar-refractivity contribution in [3.05, 3.63) is 35.6 Å². The van der Waals surface area contributed by atoms with Crippen molar-refractivity contribution < 1.29 is 9.18 Å². The Labute approximate surface area is 124 Å². The molecule has 1 atom stereocenters. The first-order valence-corrected chi connectivity index (χ1v) is 7.14. The number of amides is 1. The normalized spacial score (nSPS) is 19.2. The van der Waals surface area contributed by atoms with Gasteiger partial charge in [0.25, 0.3) is 0 Å². The van der Waals surface area contributed by atoms with Gasteiger partial charge in [-0.3, -0.25) is 9.69 Å². The maximum Gasteiger partial charge on any atom is 0.238 e. The topological polar surface area (TPSA) is 56.1 Å². The Hall–Kier alpha value is -1.93. The molecule has 1 N–H and O–H groups in total. The van der Waals surface area contributed by atoms with E-state index >= 15 is 0 Å². The molecule has 2 rings (SSSR count). The zero-order valence-corrected chi connectivity index (χ0v) is 12.4. The van der Waals surface area contributed by atoms with E-state index in [4.69, 9.17) is 5.26 Å². The highest BCUT2D eigenvalue weighted by molar-refractivity contribution is 5.83. The minimum Gasteiger partial charge on any atom is -0.337 e. The summed E-state index contributed by atoms with van der Waals surface area (Å²) < 4.78 is 13.7. The zero-order chi connectivity index (χ0) is 15.5. The van der Waals surface area contributed by atoms with Crippen LogP contribution in [-0.2, 0) is 11.3 Å². The summed E-state index contributed by atoms with van der Waals surface area (Å²) in [6.07, 6.45) is 1.64. The van der Waals surface area contributed by atoms with Crippen LogP contribution in [0.2, 0.25) is 0 Å². The van der Waals surface area contributed by atoms with Gasteiger partial charge in [0.1, 0.15) is 11.4 Å². The fourth-order valence-corrected chi connectivity index (χ4v) is 2.58. The van der Waals surface area contributed by atoms with Crippen LogP contribution in [-0.4, -0.2) is 28.9 Å². The highest BCUT2D eigenvalue weighted by Gasteiger charge is 2.33. The molecule has 1 aliphatic rings. The summed E-state index contributed by atoms with van der Waals surface area (Å²) in [6.45, 7) is 4.51. The number of benzene rings is 1. The molecule has 1 aromatic rings. The first-order valence-electron chi connectivity index (χ1n) is 7.14. The number of likely N-dealkylation sites (tertiary alicyclic amines) is 1. The smallest absolute Gasteiger partial charge is 0.238 e. The molecular weight excluding hydrogens is 269 g/mol. The van der Waals surface area contributed by atoms with E-state index in [-0.39, 0.29) is 17.8 Å². The summed E-state index contributed by atoms with van der Waals surface area (Å²) in [7, 11) is 0. The second-order valence-electron chi connectivity index (χ2n) is 5.95. The molecular formula is C16H20FN3O. The SMILES string of the molecule is CC(C)(C#N)NC(=O)C1CCCN1Cc1ccccc1F. The molecule has 1 heterocycles. The lowest BCUT2D eigenvalue weighted by molar-refractivity contribution is -0.126. The van der Waals surface area contributed by atoms with Gasteiger partial charge in [0.15, 0.2) is 0 Å². The first-order chi connectivity index (χ1) is 9.93. The third-order valence-corrected chi connectivity index (χ3v) is 3.71. The molecule has 4 nitrogen and oxygen atoms in total. The lowest BCUT2D eigenvalue weighted by atomic mass is 10.1. The third kappa shape index (κ3) is 3.79. The van der Waals surface area contributed by atoms with Crippen LogP contribution < -0.4 is 5.32 Å². The van der Waals surface area contributed by atoms with Crippen molar-refractivity contribution in [1.29, 1.82) is 5.26 Å². The van der Waals surface area contributed by atoms with Crippen LogP contribution in [0.1, 0.15) is 32.3 Å². The van der Waals surface area contributed by atoms with Gasteiger partial charge in [-0.25, -0.2) is 4.39 Å². The molecule has 5 heteroatoms. The number of carbonyl (C=O) groups is 1. The van der Waals surface area contributed by atoms with Gasteiger partial charge in [0.05, 0.1) is 12.1 Å². The molecule has 1 aromatic carbocycles.